The van der Waals surface area contributed by atoms with Crippen molar-refractivity contribution in [2.24, 2.45) is 0 Å². The third-order valence-electron chi connectivity index (χ3n) is 2.84. The lowest BCUT2D eigenvalue weighted by molar-refractivity contribution is 0.160. The molecule has 1 aromatic rings. The minimum atomic E-state index is -0.225. The summed E-state index contributed by atoms with van der Waals surface area (Å²) in [7, 11) is 0. The van der Waals surface area contributed by atoms with Gasteiger partial charge in [0, 0.05) is 0 Å². The van der Waals surface area contributed by atoms with E-state index in [2.05, 4.69) is 18.2 Å². The Hall–Kier alpha value is -0.820. The highest BCUT2D eigenvalue weighted by molar-refractivity contribution is 5.29. The maximum absolute atomic E-state index is 9.87. The molecule has 1 aliphatic carbocycles. The van der Waals surface area contributed by atoms with Crippen molar-refractivity contribution in [3.63, 3.8) is 0 Å². The Balaban J connectivity index is 2.31. The van der Waals surface area contributed by atoms with Crippen molar-refractivity contribution < 1.29 is 5.11 Å². The maximum Gasteiger partial charge on any atom is 0.0792 e. The third kappa shape index (κ3) is 1.92. The molecule has 1 aromatic carbocycles. The Morgan fingerprint density at radius 1 is 1.08 bits per heavy atom. The molecule has 0 aromatic heterocycles. The number of fused-ring (bicyclic) bond motifs is 1. The molecule has 0 radical (unpaired) electrons. The third-order valence-corrected chi connectivity index (χ3v) is 2.84. The summed E-state index contributed by atoms with van der Waals surface area (Å²) in [5.41, 5.74) is 2.50. The molecule has 1 nitrogen and oxygen atoms in total. The summed E-state index contributed by atoms with van der Waals surface area (Å²) in [4.78, 5) is 0. The monoisotopic (exact) mass is 176 g/mol. The lowest BCUT2D eigenvalue weighted by Crippen LogP contribution is -2.05. The van der Waals surface area contributed by atoms with Gasteiger partial charge in [-0.3, -0.25) is 0 Å². The lowest BCUT2D eigenvalue weighted by atomic mass is 9.91. The predicted octanol–water partition coefficient (Wildman–Crippen LogP) is 2.84. The molecule has 70 valence electrons. The van der Waals surface area contributed by atoms with Gasteiger partial charge in [0.15, 0.2) is 0 Å². The molecule has 0 bridgehead atoms. The number of benzene rings is 1. The van der Waals surface area contributed by atoms with Gasteiger partial charge in [0.1, 0.15) is 0 Å². The zero-order valence-corrected chi connectivity index (χ0v) is 7.87. The van der Waals surface area contributed by atoms with Crippen LogP contribution >= 0.6 is 0 Å². The van der Waals surface area contributed by atoms with Crippen LogP contribution in [0.5, 0.6) is 0 Å². The molecular weight excluding hydrogens is 160 g/mol. The van der Waals surface area contributed by atoms with Crippen molar-refractivity contribution in [1.82, 2.24) is 0 Å². The molecule has 1 aliphatic rings. The van der Waals surface area contributed by atoms with Crippen molar-refractivity contribution >= 4 is 0 Å². The van der Waals surface area contributed by atoms with Gasteiger partial charge in [-0.15, -0.1) is 0 Å². The Kier molecular flexibility index (Phi) is 2.65. The van der Waals surface area contributed by atoms with Crippen LogP contribution in [0.1, 0.15) is 42.9 Å². The van der Waals surface area contributed by atoms with Gasteiger partial charge in [0.05, 0.1) is 6.10 Å². The molecule has 1 N–H and O–H groups in total. The van der Waals surface area contributed by atoms with Gasteiger partial charge in [-0.1, -0.05) is 37.1 Å². The Bertz CT molecular complexity index is 280. The van der Waals surface area contributed by atoms with Crippen molar-refractivity contribution in [1.29, 1.82) is 0 Å². The summed E-state index contributed by atoms with van der Waals surface area (Å²) in [6.45, 7) is 0. The Morgan fingerprint density at radius 2 is 1.92 bits per heavy atom. The molecule has 0 saturated heterocycles. The molecular formula is C12H16O. The topological polar surface area (TPSA) is 20.2 Å². The van der Waals surface area contributed by atoms with Crippen LogP contribution in [-0.4, -0.2) is 5.11 Å². The van der Waals surface area contributed by atoms with Gasteiger partial charge in [0.25, 0.3) is 0 Å². The molecule has 0 heterocycles. The second kappa shape index (κ2) is 3.93. The van der Waals surface area contributed by atoms with E-state index in [1.54, 1.807) is 0 Å². The molecule has 1 unspecified atom stereocenters. The van der Waals surface area contributed by atoms with Crippen LogP contribution in [0.2, 0.25) is 0 Å². The van der Waals surface area contributed by atoms with Gasteiger partial charge in [-0.25, -0.2) is 0 Å². The molecule has 0 fully saturated rings. The summed E-state index contributed by atoms with van der Waals surface area (Å²) in [5, 5.41) is 9.87. The smallest absolute Gasteiger partial charge is 0.0792 e. The molecule has 0 saturated carbocycles. The molecule has 0 spiro atoms. The lowest BCUT2D eigenvalue weighted by Gasteiger charge is -2.18. The molecule has 1 atom stereocenters. The first-order valence-electron chi connectivity index (χ1n) is 5.14. The highest BCUT2D eigenvalue weighted by Gasteiger charge is 2.13. The van der Waals surface area contributed by atoms with Gasteiger partial charge in [0.2, 0.25) is 0 Å². The Labute approximate surface area is 79.4 Å². The van der Waals surface area contributed by atoms with Crippen LogP contribution in [0.3, 0.4) is 0 Å². The highest BCUT2D eigenvalue weighted by Crippen LogP contribution is 2.27. The molecule has 0 aliphatic heterocycles. The fraction of sp³-hybridized carbons (Fsp3) is 0.500. The second-order valence-corrected chi connectivity index (χ2v) is 3.81. The van der Waals surface area contributed by atoms with E-state index in [4.69, 9.17) is 0 Å². The highest BCUT2D eigenvalue weighted by atomic mass is 16.3. The van der Waals surface area contributed by atoms with Gasteiger partial charge < -0.3 is 5.11 Å². The summed E-state index contributed by atoms with van der Waals surface area (Å²) in [5.74, 6) is 0. The SMILES string of the molecule is OC1CCCCCc2ccccc21. The van der Waals surface area contributed by atoms with Gasteiger partial charge in [-0.2, -0.15) is 0 Å². The van der Waals surface area contributed by atoms with Crippen molar-refractivity contribution in [2.75, 3.05) is 0 Å². The van der Waals surface area contributed by atoms with Crippen molar-refractivity contribution in [2.45, 2.75) is 38.2 Å². The first-order valence-corrected chi connectivity index (χ1v) is 5.14. The predicted molar refractivity (Wildman–Crippen MR) is 53.6 cm³/mol. The van der Waals surface area contributed by atoms with E-state index in [1.807, 2.05) is 6.07 Å². The number of rotatable bonds is 0. The Morgan fingerprint density at radius 3 is 2.85 bits per heavy atom. The fourth-order valence-corrected chi connectivity index (χ4v) is 2.07. The second-order valence-electron chi connectivity index (χ2n) is 3.81. The summed E-state index contributed by atoms with van der Waals surface area (Å²) in [6.07, 6.45) is 5.52. The quantitative estimate of drug-likeness (QED) is 0.644. The minimum absolute atomic E-state index is 0.225. The number of aliphatic hydroxyl groups excluding tert-OH is 1. The van der Waals surface area contributed by atoms with Crippen LogP contribution in [-0.2, 0) is 6.42 Å². The van der Waals surface area contributed by atoms with E-state index in [-0.39, 0.29) is 6.10 Å². The first kappa shape index (κ1) is 8.76. The van der Waals surface area contributed by atoms with Crippen molar-refractivity contribution in [3.8, 4) is 0 Å². The zero-order chi connectivity index (χ0) is 9.10. The maximum atomic E-state index is 9.87. The van der Waals surface area contributed by atoms with Crippen LogP contribution in [0.4, 0.5) is 0 Å². The van der Waals surface area contributed by atoms with E-state index in [9.17, 15) is 5.11 Å². The van der Waals surface area contributed by atoms with Crippen LogP contribution in [0.15, 0.2) is 24.3 Å². The van der Waals surface area contributed by atoms with Crippen molar-refractivity contribution in [3.05, 3.63) is 35.4 Å². The summed E-state index contributed by atoms with van der Waals surface area (Å²) < 4.78 is 0. The normalized spacial score (nSPS) is 23.0. The van der Waals surface area contributed by atoms with Gasteiger partial charge in [-0.05, 0) is 30.4 Å². The van der Waals surface area contributed by atoms with Crippen LogP contribution in [0.25, 0.3) is 0 Å². The molecule has 1 heteroatoms. The number of aliphatic hydroxyl groups is 1. The fourth-order valence-electron chi connectivity index (χ4n) is 2.07. The number of hydrogen-bond acceptors (Lipinski definition) is 1. The van der Waals surface area contributed by atoms with Crippen LogP contribution < -0.4 is 0 Å². The molecule has 13 heavy (non-hydrogen) atoms. The first-order chi connectivity index (χ1) is 6.38. The molecule has 2 rings (SSSR count). The average Bonchev–Trinajstić information content (AvgIpc) is 2.14. The van der Waals surface area contributed by atoms with E-state index in [0.29, 0.717) is 0 Å². The summed E-state index contributed by atoms with van der Waals surface area (Å²) in [6, 6.07) is 8.28. The standard InChI is InChI=1S/C12H16O/c13-12-9-3-1-2-6-10-7-4-5-8-11(10)12/h4-5,7-8,12-13H,1-3,6,9H2. The van der Waals surface area contributed by atoms with Gasteiger partial charge >= 0.3 is 0 Å². The minimum Gasteiger partial charge on any atom is -0.388 e. The van der Waals surface area contributed by atoms with E-state index in [0.717, 1.165) is 24.8 Å². The zero-order valence-electron chi connectivity index (χ0n) is 7.87. The van der Waals surface area contributed by atoms with Crippen LogP contribution in [0, 0.1) is 0 Å². The van der Waals surface area contributed by atoms with E-state index >= 15 is 0 Å². The summed E-state index contributed by atoms with van der Waals surface area (Å²) >= 11 is 0. The number of hydrogen-bond donors (Lipinski definition) is 1. The van der Waals surface area contributed by atoms with E-state index < -0.39 is 0 Å². The van der Waals surface area contributed by atoms with E-state index in [1.165, 1.54) is 18.4 Å². The molecule has 0 amide bonds. The number of aryl methyl sites for hydroxylation is 1. The largest absolute Gasteiger partial charge is 0.388 e. The average molecular weight is 176 g/mol.